The van der Waals surface area contributed by atoms with Gasteiger partial charge in [0.2, 0.25) is 5.91 Å². The average molecular weight is 485 g/mol. The van der Waals surface area contributed by atoms with Crippen molar-refractivity contribution in [2.75, 3.05) is 58.3 Å². The van der Waals surface area contributed by atoms with Crippen molar-refractivity contribution in [2.24, 2.45) is 0 Å². The first-order valence-electron chi connectivity index (χ1n) is 10.2. The third-order valence-corrected chi connectivity index (χ3v) is 6.48. The molecule has 1 saturated heterocycles. The highest BCUT2D eigenvalue weighted by atomic mass is 79.9. The van der Waals surface area contributed by atoms with Crippen LogP contribution in [0.25, 0.3) is 0 Å². The molecule has 1 unspecified atom stereocenters. The summed E-state index contributed by atoms with van der Waals surface area (Å²) >= 11 is 5.07. The summed E-state index contributed by atoms with van der Waals surface area (Å²) < 4.78 is 0.727. The number of amides is 2. The van der Waals surface area contributed by atoms with Crippen molar-refractivity contribution in [3.63, 3.8) is 0 Å². The number of thioether (sulfide) groups is 1. The highest BCUT2D eigenvalue weighted by molar-refractivity contribution is 9.10. The summed E-state index contributed by atoms with van der Waals surface area (Å²) in [6.45, 7) is 6.24. The molecule has 1 aliphatic rings. The van der Waals surface area contributed by atoms with Gasteiger partial charge < -0.3 is 20.4 Å². The van der Waals surface area contributed by atoms with E-state index in [1.165, 1.54) is 0 Å². The zero-order valence-corrected chi connectivity index (χ0v) is 19.9. The highest BCUT2D eigenvalue weighted by Gasteiger charge is 2.21. The van der Waals surface area contributed by atoms with Gasteiger partial charge in [0.1, 0.15) is 6.04 Å². The number of unbranched alkanes of at least 4 members (excludes halogenated alkanes) is 1. The van der Waals surface area contributed by atoms with Crippen molar-refractivity contribution in [1.29, 1.82) is 0 Å². The van der Waals surface area contributed by atoms with Gasteiger partial charge in [0.05, 0.1) is 5.56 Å². The van der Waals surface area contributed by atoms with E-state index in [4.69, 9.17) is 0 Å². The first-order chi connectivity index (χ1) is 14.0. The number of likely N-dealkylation sites (N-methyl/N-ethyl adjacent to an activating group) is 1. The molecule has 8 heteroatoms. The molecule has 1 atom stereocenters. The molecule has 6 nitrogen and oxygen atoms in total. The molecule has 1 fully saturated rings. The minimum absolute atomic E-state index is 0.0981. The average Bonchev–Trinajstić information content (AvgIpc) is 2.72. The molecule has 0 spiro atoms. The lowest BCUT2D eigenvalue weighted by Crippen LogP contribution is -2.47. The lowest BCUT2D eigenvalue weighted by atomic mass is 10.1. The lowest BCUT2D eigenvalue weighted by Gasteiger charge is -2.32. The van der Waals surface area contributed by atoms with Crippen molar-refractivity contribution < 1.29 is 9.59 Å². The topological polar surface area (TPSA) is 64.7 Å². The van der Waals surface area contributed by atoms with Crippen LogP contribution in [0.4, 0.5) is 0 Å². The van der Waals surface area contributed by atoms with E-state index in [2.05, 4.69) is 43.4 Å². The van der Waals surface area contributed by atoms with Crippen LogP contribution in [-0.2, 0) is 4.79 Å². The summed E-state index contributed by atoms with van der Waals surface area (Å²) in [6.07, 6.45) is 4.64. The lowest BCUT2D eigenvalue weighted by molar-refractivity contribution is -0.123. The molecule has 1 heterocycles. The van der Waals surface area contributed by atoms with Gasteiger partial charge in [-0.15, -0.1) is 0 Å². The monoisotopic (exact) mass is 484 g/mol. The van der Waals surface area contributed by atoms with Crippen molar-refractivity contribution in [1.82, 2.24) is 20.4 Å². The molecule has 2 N–H and O–H groups in total. The Hall–Kier alpha value is -1.09. The molecule has 0 saturated carbocycles. The van der Waals surface area contributed by atoms with E-state index in [1.54, 1.807) is 17.8 Å². The van der Waals surface area contributed by atoms with Gasteiger partial charge in [-0.05, 0) is 72.9 Å². The molecule has 0 radical (unpaired) electrons. The normalized spacial score (nSPS) is 16.4. The summed E-state index contributed by atoms with van der Waals surface area (Å²) in [7, 11) is 2.16. The largest absolute Gasteiger partial charge is 0.354 e. The first kappa shape index (κ1) is 24.2. The number of carbonyl (C=O) groups is 2. The molecule has 0 aromatic heterocycles. The smallest absolute Gasteiger partial charge is 0.253 e. The minimum atomic E-state index is -0.514. The Morgan fingerprint density at radius 1 is 1.17 bits per heavy atom. The van der Waals surface area contributed by atoms with Gasteiger partial charge in [0, 0.05) is 37.2 Å². The number of hydrogen-bond acceptors (Lipinski definition) is 5. The predicted octanol–water partition coefficient (Wildman–Crippen LogP) is 2.44. The second-order valence-corrected chi connectivity index (χ2v) is 9.27. The van der Waals surface area contributed by atoms with E-state index < -0.39 is 6.04 Å². The van der Waals surface area contributed by atoms with Crippen molar-refractivity contribution in [3.8, 4) is 0 Å². The fourth-order valence-corrected chi connectivity index (χ4v) is 4.19. The zero-order valence-electron chi connectivity index (χ0n) is 17.5. The third kappa shape index (κ3) is 8.66. The van der Waals surface area contributed by atoms with E-state index >= 15 is 0 Å². The second-order valence-electron chi connectivity index (χ2n) is 7.43. The van der Waals surface area contributed by atoms with Crippen LogP contribution >= 0.6 is 27.7 Å². The van der Waals surface area contributed by atoms with Crippen LogP contribution in [0.3, 0.4) is 0 Å². The van der Waals surface area contributed by atoms with Crippen molar-refractivity contribution in [3.05, 3.63) is 34.3 Å². The number of piperazine rings is 1. The maximum absolute atomic E-state index is 12.6. The fraction of sp³-hybridized carbons (Fsp3) is 0.619. The molecule has 162 valence electrons. The first-order valence-corrected chi connectivity index (χ1v) is 12.4. The Bertz CT molecular complexity index is 653. The summed E-state index contributed by atoms with van der Waals surface area (Å²) in [5, 5.41) is 5.90. The van der Waals surface area contributed by atoms with E-state index in [1.807, 2.05) is 24.5 Å². The maximum Gasteiger partial charge on any atom is 0.253 e. The minimum Gasteiger partial charge on any atom is -0.354 e. The number of hydrogen-bond donors (Lipinski definition) is 2. The summed E-state index contributed by atoms with van der Waals surface area (Å²) in [5.74, 6) is 0.491. The van der Waals surface area contributed by atoms with Gasteiger partial charge in [0.15, 0.2) is 0 Å². The van der Waals surface area contributed by atoms with Gasteiger partial charge in [-0.3, -0.25) is 9.59 Å². The van der Waals surface area contributed by atoms with E-state index in [0.717, 1.165) is 55.8 Å². The van der Waals surface area contributed by atoms with Crippen LogP contribution in [0.15, 0.2) is 28.7 Å². The van der Waals surface area contributed by atoms with Gasteiger partial charge in [-0.25, -0.2) is 0 Å². The van der Waals surface area contributed by atoms with Crippen LogP contribution in [0, 0.1) is 0 Å². The number of halogens is 1. The molecular formula is C21H33BrN4O2S. The molecule has 1 aromatic rings. The second kappa shape index (κ2) is 13.3. The third-order valence-electron chi connectivity index (χ3n) is 5.15. The van der Waals surface area contributed by atoms with Crippen LogP contribution in [0.2, 0.25) is 0 Å². The molecule has 1 aliphatic heterocycles. The Morgan fingerprint density at radius 2 is 1.90 bits per heavy atom. The molecule has 29 heavy (non-hydrogen) atoms. The Morgan fingerprint density at radius 3 is 2.59 bits per heavy atom. The standard InChI is InChI=1S/C21H33BrN4O2S/c1-25-12-14-26(15-13-25)11-6-5-10-23-21(28)19(9-16-29-2)24-20(27)17-7-3-4-8-18(17)22/h3-4,7-8,19H,5-6,9-16H2,1-2H3,(H,23,28)(H,24,27). The summed E-state index contributed by atoms with van der Waals surface area (Å²) in [5.41, 5.74) is 0.543. The van der Waals surface area contributed by atoms with Gasteiger partial charge >= 0.3 is 0 Å². The molecule has 2 amide bonds. The van der Waals surface area contributed by atoms with E-state index in [9.17, 15) is 9.59 Å². The van der Waals surface area contributed by atoms with Crippen molar-refractivity contribution in [2.45, 2.75) is 25.3 Å². The Balaban J connectivity index is 1.74. The zero-order chi connectivity index (χ0) is 21.1. The van der Waals surface area contributed by atoms with Crippen LogP contribution < -0.4 is 10.6 Å². The molecular weight excluding hydrogens is 452 g/mol. The fourth-order valence-electron chi connectivity index (χ4n) is 3.25. The van der Waals surface area contributed by atoms with E-state index in [-0.39, 0.29) is 11.8 Å². The van der Waals surface area contributed by atoms with Crippen LogP contribution in [0.1, 0.15) is 29.6 Å². The number of carbonyl (C=O) groups excluding carboxylic acids is 2. The predicted molar refractivity (Wildman–Crippen MR) is 125 cm³/mol. The number of nitrogens with zero attached hydrogens (tertiary/aromatic N) is 2. The number of rotatable bonds is 11. The van der Waals surface area contributed by atoms with Gasteiger partial charge in [0.25, 0.3) is 5.91 Å². The van der Waals surface area contributed by atoms with E-state index in [0.29, 0.717) is 18.5 Å². The quantitative estimate of drug-likeness (QED) is 0.472. The number of benzene rings is 1. The highest BCUT2D eigenvalue weighted by Crippen LogP contribution is 2.16. The summed E-state index contributed by atoms with van der Waals surface area (Å²) in [6, 6.07) is 6.74. The van der Waals surface area contributed by atoms with Crippen LogP contribution in [-0.4, -0.2) is 86.0 Å². The Labute approximate surface area is 187 Å². The van der Waals surface area contributed by atoms with Gasteiger partial charge in [-0.2, -0.15) is 11.8 Å². The Kier molecular flexibility index (Phi) is 11.1. The van der Waals surface area contributed by atoms with Gasteiger partial charge in [-0.1, -0.05) is 12.1 Å². The van der Waals surface area contributed by atoms with Crippen molar-refractivity contribution >= 4 is 39.5 Å². The molecule has 2 rings (SSSR count). The van der Waals surface area contributed by atoms with Crippen LogP contribution in [0.5, 0.6) is 0 Å². The number of nitrogens with one attached hydrogen (secondary N) is 2. The summed E-state index contributed by atoms with van der Waals surface area (Å²) in [4.78, 5) is 30.1. The SMILES string of the molecule is CSCCC(NC(=O)c1ccccc1Br)C(=O)NCCCCN1CCN(C)CC1. The molecule has 0 aliphatic carbocycles. The molecule has 1 aromatic carbocycles. The maximum atomic E-state index is 12.6. The molecule has 0 bridgehead atoms.